The SMILES string of the molecule is COc1ccc(OCC2CN(C3CCN(C(=O)c4sc(C)nc4C)CC3)C(=O)O2)cc1. The zero-order valence-electron chi connectivity index (χ0n) is 18.0. The lowest BCUT2D eigenvalue weighted by molar-refractivity contribution is 0.0662. The molecule has 4 rings (SSSR count). The van der Waals surface area contributed by atoms with Crippen molar-refractivity contribution in [3.8, 4) is 11.5 Å². The van der Waals surface area contributed by atoms with Gasteiger partial charge in [0.15, 0.2) is 6.10 Å². The number of hydrogen-bond acceptors (Lipinski definition) is 7. The van der Waals surface area contributed by atoms with Crippen LogP contribution in [0.5, 0.6) is 11.5 Å². The predicted molar refractivity (Wildman–Crippen MR) is 116 cm³/mol. The van der Waals surface area contributed by atoms with Crippen LogP contribution < -0.4 is 9.47 Å². The second-order valence-electron chi connectivity index (χ2n) is 7.82. The summed E-state index contributed by atoms with van der Waals surface area (Å²) in [4.78, 5) is 33.9. The Bertz CT molecular complexity index is 937. The molecule has 1 atom stereocenters. The predicted octanol–water partition coefficient (Wildman–Crippen LogP) is 3.27. The quantitative estimate of drug-likeness (QED) is 0.679. The molecule has 0 spiro atoms. The van der Waals surface area contributed by atoms with Crippen LogP contribution in [0.1, 0.15) is 33.2 Å². The van der Waals surface area contributed by atoms with Crippen molar-refractivity contribution in [1.29, 1.82) is 0 Å². The standard InChI is InChI=1S/C22H27N3O5S/c1-14-20(31-15(2)23-14)21(26)24-10-8-16(9-11-24)25-12-19(30-22(25)27)13-29-18-6-4-17(28-3)5-7-18/h4-7,16,19H,8-13H2,1-3H3. The second kappa shape index (κ2) is 9.13. The molecular weight excluding hydrogens is 418 g/mol. The van der Waals surface area contributed by atoms with Crippen molar-refractivity contribution < 1.29 is 23.8 Å². The van der Waals surface area contributed by atoms with Gasteiger partial charge in [0, 0.05) is 19.1 Å². The Hall–Kier alpha value is -2.81. The number of ether oxygens (including phenoxy) is 3. The number of aryl methyl sites for hydroxylation is 2. The van der Waals surface area contributed by atoms with Gasteiger partial charge in [0.05, 0.1) is 24.4 Å². The molecule has 31 heavy (non-hydrogen) atoms. The van der Waals surface area contributed by atoms with Gasteiger partial charge >= 0.3 is 6.09 Å². The molecule has 0 saturated carbocycles. The maximum Gasteiger partial charge on any atom is 0.410 e. The lowest BCUT2D eigenvalue weighted by atomic mass is 10.0. The number of carbonyl (C=O) groups is 2. The molecule has 1 aromatic heterocycles. The van der Waals surface area contributed by atoms with Crippen LogP contribution in [0.3, 0.4) is 0 Å². The second-order valence-corrected chi connectivity index (χ2v) is 9.02. The number of rotatable bonds is 6. The van der Waals surface area contributed by atoms with E-state index in [0.717, 1.165) is 29.3 Å². The molecule has 2 aliphatic heterocycles. The minimum absolute atomic E-state index is 0.0383. The smallest absolute Gasteiger partial charge is 0.410 e. The number of aromatic nitrogens is 1. The summed E-state index contributed by atoms with van der Waals surface area (Å²) in [6.07, 6.45) is 0.868. The van der Waals surface area contributed by atoms with Crippen LogP contribution in [0.25, 0.3) is 0 Å². The van der Waals surface area contributed by atoms with Crippen molar-refractivity contribution in [3.05, 3.63) is 39.8 Å². The number of amides is 2. The van der Waals surface area contributed by atoms with Gasteiger partial charge in [-0.1, -0.05) is 0 Å². The molecule has 9 heteroatoms. The van der Waals surface area contributed by atoms with E-state index in [1.165, 1.54) is 11.3 Å². The molecule has 0 N–H and O–H groups in total. The molecular formula is C22H27N3O5S. The average Bonchev–Trinajstić information content (AvgIpc) is 3.33. The van der Waals surface area contributed by atoms with E-state index < -0.39 is 0 Å². The van der Waals surface area contributed by atoms with E-state index in [4.69, 9.17) is 14.2 Å². The molecule has 1 unspecified atom stereocenters. The van der Waals surface area contributed by atoms with Crippen molar-refractivity contribution >= 4 is 23.3 Å². The monoisotopic (exact) mass is 445 g/mol. The summed E-state index contributed by atoms with van der Waals surface area (Å²) in [5.74, 6) is 1.50. The molecule has 166 valence electrons. The van der Waals surface area contributed by atoms with Crippen molar-refractivity contribution in [1.82, 2.24) is 14.8 Å². The van der Waals surface area contributed by atoms with Gasteiger partial charge in [-0.3, -0.25) is 4.79 Å². The zero-order chi connectivity index (χ0) is 22.0. The van der Waals surface area contributed by atoms with Crippen LogP contribution in [0.2, 0.25) is 0 Å². The molecule has 0 radical (unpaired) electrons. The fourth-order valence-electron chi connectivity index (χ4n) is 4.04. The Kier molecular flexibility index (Phi) is 6.31. The van der Waals surface area contributed by atoms with E-state index in [0.29, 0.717) is 36.9 Å². The first kappa shape index (κ1) is 21.4. The summed E-state index contributed by atoms with van der Waals surface area (Å²) in [5.41, 5.74) is 0.789. The van der Waals surface area contributed by atoms with Gasteiger partial charge in [-0.2, -0.15) is 0 Å². The molecule has 2 saturated heterocycles. The van der Waals surface area contributed by atoms with Crippen molar-refractivity contribution in [2.24, 2.45) is 0 Å². The van der Waals surface area contributed by atoms with Gasteiger partial charge in [0.1, 0.15) is 23.0 Å². The van der Waals surface area contributed by atoms with Crippen molar-refractivity contribution in [2.45, 2.75) is 38.8 Å². The molecule has 2 amide bonds. The number of hydrogen-bond donors (Lipinski definition) is 0. The Balaban J connectivity index is 1.27. The summed E-state index contributed by atoms with van der Waals surface area (Å²) >= 11 is 1.44. The molecule has 1 aromatic carbocycles. The normalized spacial score (nSPS) is 19.5. The maximum atomic E-state index is 12.8. The van der Waals surface area contributed by atoms with E-state index >= 15 is 0 Å². The van der Waals surface area contributed by atoms with Crippen LogP contribution in [-0.2, 0) is 4.74 Å². The zero-order valence-corrected chi connectivity index (χ0v) is 18.8. The Morgan fingerprint density at radius 2 is 1.87 bits per heavy atom. The highest BCUT2D eigenvalue weighted by atomic mass is 32.1. The van der Waals surface area contributed by atoms with E-state index in [-0.39, 0.29) is 24.1 Å². The summed E-state index contributed by atoms with van der Waals surface area (Å²) in [7, 11) is 1.62. The minimum Gasteiger partial charge on any atom is -0.497 e. The van der Waals surface area contributed by atoms with Crippen LogP contribution >= 0.6 is 11.3 Å². The number of benzene rings is 1. The van der Waals surface area contributed by atoms with Gasteiger partial charge in [0.2, 0.25) is 0 Å². The molecule has 2 aromatic rings. The number of nitrogens with zero attached hydrogens (tertiary/aromatic N) is 3. The molecule has 2 fully saturated rings. The highest BCUT2D eigenvalue weighted by Gasteiger charge is 2.38. The summed E-state index contributed by atoms with van der Waals surface area (Å²) in [6.45, 7) is 5.83. The summed E-state index contributed by atoms with van der Waals surface area (Å²) in [6, 6.07) is 7.38. The Morgan fingerprint density at radius 1 is 1.19 bits per heavy atom. The number of likely N-dealkylation sites (tertiary alicyclic amines) is 1. The number of piperidine rings is 1. The van der Waals surface area contributed by atoms with Crippen molar-refractivity contribution in [2.75, 3.05) is 33.4 Å². The molecule has 3 heterocycles. The fraction of sp³-hybridized carbons (Fsp3) is 0.500. The molecule has 2 aliphatic rings. The topological polar surface area (TPSA) is 81.2 Å². The number of methoxy groups -OCH3 is 1. The Labute approximate surface area is 185 Å². The summed E-state index contributed by atoms with van der Waals surface area (Å²) < 4.78 is 16.4. The first-order valence-electron chi connectivity index (χ1n) is 10.4. The minimum atomic E-state index is -0.308. The van der Waals surface area contributed by atoms with Gasteiger partial charge in [-0.05, 0) is 51.0 Å². The third-order valence-electron chi connectivity index (χ3n) is 5.69. The van der Waals surface area contributed by atoms with Crippen molar-refractivity contribution in [3.63, 3.8) is 0 Å². The largest absolute Gasteiger partial charge is 0.497 e. The first-order chi connectivity index (χ1) is 14.9. The lowest BCUT2D eigenvalue weighted by Gasteiger charge is -2.35. The van der Waals surface area contributed by atoms with E-state index in [1.807, 2.05) is 43.0 Å². The summed E-state index contributed by atoms with van der Waals surface area (Å²) in [5, 5.41) is 0.901. The third-order valence-corrected chi connectivity index (χ3v) is 6.75. The van der Waals surface area contributed by atoms with E-state index in [2.05, 4.69) is 4.98 Å². The van der Waals surface area contributed by atoms with E-state index in [1.54, 1.807) is 12.0 Å². The van der Waals surface area contributed by atoms with Gasteiger partial charge in [-0.25, -0.2) is 9.78 Å². The lowest BCUT2D eigenvalue weighted by Crippen LogP contribution is -2.47. The maximum absolute atomic E-state index is 12.8. The van der Waals surface area contributed by atoms with Crippen LogP contribution in [-0.4, -0.2) is 72.3 Å². The number of cyclic esters (lactones) is 1. The molecule has 0 bridgehead atoms. The van der Waals surface area contributed by atoms with E-state index in [9.17, 15) is 9.59 Å². The highest BCUT2D eigenvalue weighted by molar-refractivity contribution is 7.13. The first-order valence-corrected chi connectivity index (χ1v) is 11.2. The van der Waals surface area contributed by atoms with Crippen LogP contribution in [0, 0.1) is 13.8 Å². The molecule has 0 aliphatic carbocycles. The van der Waals surface area contributed by atoms with Crippen LogP contribution in [0.15, 0.2) is 24.3 Å². The van der Waals surface area contributed by atoms with Crippen LogP contribution in [0.4, 0.5) is 4.79 Å². The average molecular weight is 446 g/mol. The Morgan fingerprint density at radius 3 is 2.48 bits per heavy atom. The fourth-order valence-corrected chi connectivity index (χ4v) is 4.93. The van der Waals surface area contributed by atoms with Gasteiger partial charge in [0.25, 0.3) is 5.91 Å². The molecule has 8 nitrogen and oxygen atoms in total. The third kappa shape index (κ3) is 4.76. The number of carbonyl (C=O) groups excluding carboxylic acids is 2. The highest BCUT2D eigenvalue weighted by Crippen LogP contribution is 2.26. The van der Waals surface area contributed by atoms with Gasteiger partial charge < -0.3 is 24.0 Å². The van der Waals surface area contributed by atoms with Gasteiger partial charge in [-0.15, -0.1) is 11.3 Å². The number of thiazole rings is 1.